The molecule has 1 unspecified atom stereocenters. The van der Waals surface area contributed by atoms with E-state index in [1.54, 1.807) is 19.9 Å². The monoisotopic (exact) mass is 301 g/mol. The zero-order valence-corrected chi connectivity index (χ0v) is 12.9. The predicted octanol–water partition coefficient (Wildman–Crippen LogP) is 2.40. The number of methoxy groups -OCH3 is 1. The Morgan fingerprint density at radius 3 is 2.70 bits per heavy atom. The molecule has 1 aromatic carbocycles. The summed E-state index contributed by atoms with van der Waals surface area (Å²) in [5.74, 6) is 0.387. The van der Waals surface area contributed by atoms with Crippen molar-refractivity contribution in [3.05, 3.63) is 22.7 Å². The van der Waals surface area contributed by atoms with Crippen LogP contribution in [0.25, 0.3) is 0 Å². The Hall–Kier alpha value is -1.46. The Balaban J connectivity index is 2.96. The molecule has 0 bridgehead atoms. The summed E-state index contributed by atoms with van der Waals surface area (Å²) in [6, 6.07) is 3.59. The fourth-order valence-electron chi connectivity index (χ4n) is 1.68. The van der Waals surface area contributed by atoms with Crippen molar-refractivity contribution in [2.24, 2.45) is 0 Å². The summed E-state index contributed by atoms with van der Waals surface area (Å²) in [7, 11) is 3.37. The van der Waals surface area contributed by atoms with E-state index in [1.165, 1.54) is 7.11 Å². The molecule has 1 aromatic rings. The average Bonchev–Trinajstić information content (AvgIpc) is 2.41. The highest BCUT2D eigenvalue weighted by atomic mass is 35.5. The number of benzene rings is 1. The summed E-state index contributed by atoms with van der Waals surface area (Å²) in [5.41, 5.74) is 0.963. The second-order valence-corrected chi connectivity index (χ2v) is 4.56. The number of halogens is 1. The molecule has 5 nitrogen and oxygen atoms in total. The first-order valence-corrected chi connectivity index (χ1v) is 6.75. The molecule has 0 radical (unpaired) electrons. The lowest BCUT2D eigenvalue weighted by Gasteiger charge is -2.17. The average molecular weight is 302 g/mol. The van der Waals surface area contributed by atoms with E-state index in [4.69, 9.17) is 25.8 Å². The molecule has 0 spiro atoms. The molecule has 1 rings (SSSR count). The van der Waals surface area contributed by atoms with Crippen molar-refractivity contribution in [3.8, 4) is 11.5 Å². The Morgan fingerprint density at radius 2 is 2.15 bits per heavy atom. The summed E-state index contributed by atoms with van der Waals surface area (Å²) >= 11 is 6.19. The van der Waals surface area contributed by atoms with Gasteiger partial charge in [0.05, 0.1) is 18.7 Å². The van der Waals surface area contributed by atoms with Crippen LogP contribution < -0.4 is 14.8 Å². The fourth-order valence-corrected chi connectivity index (χ4v) is 1.96. The maximum atomic E-state index is 11.6. The van der Waals surface area contributed by atoms with Crippen molar-refractivity contribution >= 4 is 17.6 Å². The minimum Gasteiger partial charge on any atom is -0.493 e. The zero-order valence-electron chi connectivity index (χ0n) is 12.2. The van der Waals surface area contributed by atoms with Gasteiger partial charge in [0.25, 0.3) is 0 Å². The van der Waals surface area contributed by atoms with Gasteiger partial charge in [-0.2, -0.15) is 0 Å². The number of rotatable bonds is 7. The van der Waals surface area contributed by atoms with E-state index in [9.17, 15) is 4.79 Å². The van der Waals surface area contributed by atoms with E-state index in [2.05, 4.69) is 5.32 Å². The summed E-state index contributed by atoms with van der Waals surface area (Å²) < 4.78 is 15.7. The summed E-state index contributed by atoms with van der Waals surface area (Å²) in [4.78, 5) is 11.6. The van der Waals surface area contributed by atoms with Gasteiger partial charge in [0.1, 0.15) is 0 Å². The molecule has 1 N–H and O–H groups in total. The van der Waals surface area contributed by atoms with E-state index in [0.717, 1.165) is 5.56 Å². The highest BCUT2D eigenvalue weighted by molar-refractivity contribution is 6.32. The number of carbonyl (C=O) groups excluding carboxylic acids is 1. The normalized spacial score (nSPS) is 11.8. The first-order valence-electron chi connectivity index (χ1n) is 6.37. The van der Waals surface area contributed by atoms with Crippen LogP contribution in [0.2, 0.25) is 5.02 Å². The lowest BCUT2D eigenvalue weighted by Crippen LogP contribution is -2.26. The molecule has 0 aliphatic carbocycles. The van der Waals surface area contributed by atoms with Crippen molar-refractivity contribution < 1.29 is 19.0 Å². The van der Waals surface area contributed by atoms with Crippen LogP contribution in [0.1, 0.15) is 19.4 Å². The largest absolute Gasteiger partial charge is 0.493 e. The molecule has 6 heteroatoms. The van der Waals surface area contributed by atoms with E-state index in [1.807, 2.05) is 13.1 Å². The van der Waals surface area contributed by atoms with Gasteiger partial charge in [-0.15, -0.1) is 0 Å². The van der Waals surface area contributed by atoms with E-state index >= 15 is 0 Å². The number of hydrogen-bond donors (Lipinski definition) is 1. The highest BCUT2D eigenvalue weighted by Crippen LogP contribution is 2.37. The smallest absolute Gasteiger partial charge is 0.347 e. The number of ether oxygens (including phenoxy) is 3. The predicted molar refractivity (Wildman–Crippen MR) is 77.5 cm³/mol. The second kappa shape index (κ2) is 7.97. The fraction of sp³-hybridized carbons (Fsp3) is 0.500. The third-order valence-corrected chi connectivity index (χ3v) is 2.86. The molecule has 0 fully saturated rings. The number of carbonyl (C=O) groups is 1. The maximum Gasteiger partial charge on any atom is 0.347 e. The van der Waals surface area contributed by atoms with Crippen LogP contribution in [0.15, 0.2) is 12.1 Å². The minimum atomic E-state index is -0.753. The van der Waals surface area contributed by atoms with Gasteiger partial charge in [-0.3, -0.25) is 0 Å². The van der Waals surface area contributed by atoms with Gasteiger partial charge in [0.2, 0.25) is 0 Å². The van der Waals surface area contributed by atoms with Gasteiger partial charge in [0.15, 0.2) is 17.6 Å². The SMILES string of the molecule is CCOC(=O)C(C)Oc1c(Cl)cc(CNC)cc1OC. The molecular weight excluding hydrogens is 282 g/mol. The van der Waals surface area contributed by atoms with Crippen molar-refractivity contribution in [1.29, 1.82) is 0 Å². The van der Waals surface area contributed by atoms with Gasteiger partial charge >= 0.3 is 5.97 Å². The molecule has 0 amide bonds. The van der Waals surface area contributed by atoms with Gasteiger partial charge in [-0.1, -0.05) is 11.6 Å². The van der Waals surface area contributed by atoms with E-state index in [-0.39, 0.29) is 0 Å². The molecule has 0 saturated heterocycles. The summed E-state index contributed by atoms with van der Waals surface area (Å²) in [6.07, 6.45) is -0.753. The van der Waals surface area contributed by atoms with Gasteiger partial charge in [0, 0.05) is 6.54 Å². The minimum absolute atomic E-state index is 0.304. The molecule has 112 valence electrons. The van der Waals surface area contributed by atoms with E-state index in [0.29, 0.717) is 29.7 Å². The standard InChI is InChI=1S/C14H20ClNO4/c1-5-19-14(17)9(2)20-13-11(15)6-10(8-16-3)7-12(13)18-4/h6-7,9,16H,5,8H2,1-4H3. The Bertz CT molecular complexity index is 465. The number of esters is 1. The lowest BCUT2D eigenvalue weighted by atomic mass is 10.2. The number of hydrogen-bond acceptors (Lipinski definition) is 5. The van der Waals surface area contributed by atoms with Crippen LogP contribution in [-0.4, -0.2) is 32.8 Å². The third kappa shape index (κ3) is 4.28. The van der Waals surface area contributed by atoms with Crippen molar-refractivity contribution in [1.82, 2.24) is 5.32 Å². The quantitative estimate of drug-likeness (QED) is 0.784. The molecule has 0 aliphatic heterocycles. The highest BCUT2D eigenvalue weighted by Gasteiger charge is 2.20. The van der Waals surface area contributed by atoms with Gasteiger partial charge in [-0.25, -0.2) is 4.79 Å². The lowest BCUT2D eigenvalue weighted by molar-refractivity contribution is -0.150. The Morgan fingerprint density at radius 1 is 1.45 bits per heavy atom. The van der Waals surface area contributed by atoms with Crippen LogP contribution in [0, 0.1) is 0 Å². The number of nitrogens with one attached hydrogen (secondary N) is 1. The molecular formula is C14H20ClNO4. The molecule has 0 aliphatic rings. The molecule has 1 atom stereocenters. The third-order valence-electron chi connectivity index (χ3n) is 2.58. The van der Waals surface area contributed by atoms with Crippen molar-refractivity contribution in [3.63, 3.8) is 0 Å². The molecule has 0 aromatic heterocycles. The van der Waals surface area contributed by atoms with Crippen LogP contribution in [0.5, 0.6) is 11.5 Å². The van der Waals surface area contributed by atoms with Gasteiger partial charge in [-0.05, 0) is 38.6 Å². The van der Waals surface area contributed by atoms with Gasteiger partial charge < -0.3 is 19.5 Å². The summed E-state index contributed by atoms with van der Waals surface area (Å²) in [6.45, 7) is 4.31. The second-order valence-electron chi connectivity index (χ2n) is 4.15. The zero-order chi connectivity index (χ0) is 15.1. The van der Waals surface area contributed by atoms with E-state index < -0.39 is 12.1 Å². The molecule has 0 saturated carbocycles. The Labute approximate surface area is 124 Å². The molecule has 0 heterocycles. The molecule has 20 heavy (non-hydrogen) atoms. The maximum absolute atomic E-state index is 11.6. The topological polar surface area (TPSA) is 56.8 Å². The van der Waals surface area contributed by atoms with Crippen LogP contribution in [0.4, 0.5) is 0 Å². The van der Waals surface area contributed by atoms with Crippen LogP contribution in [-0.2, 0) is 16.1 Å². The van der Waals surface area contributed by atoms with Crippen LogP contribution in [0.3, 0.4) is 0 Å². The summed E-state index contributed by atoms with van der Waals surface area (Å²) in [5, 5.41) is 3.42. The Kier molecular flexibility index (Phi) is 6.61. The van der Waals surface area contributed by atoms with Crippen LogP contribution >= 0.6 is 11.6 Å². The van der Waals surface area contributed by atoms with Crippen molar-refractivity contribution in [2.75, 3.05) is 20.8 Å². The first-order chi connectivity index (χ1) is 9.53. The van der Waals surface area contributed by atoms with Crippen molar-refractivity contribution in [2.45, 2.75) is 26.5 Å². The first kappa shape index (κ1) is 16.6.